The monoisotopic (exact) mass is 293 g/mol. The van der Waals surface area contributed by atoms with E-state index < -0.39 is 16.4 Å². The van der Waals surface area contributed by atoms with E-state index in [0.717, 1.165) is 30.5 Å². The van der Waals surface area contributed by atoms with Gasteiger partial charge in [0.05, 0.1) is 5.60 Å². The van der Waals surface area contributed by atoms with Crippen LogP contribution >= 0.6 is 0 Å². The lowest BCUT2D eigenvalue weighted by molar-refractivity contribution is 0.00702. The van der Waals surface area contributed by atoms with E-state index in [1.807, 2.05) is 32.3 Å². The molecule has 4 heteroatoms. The van der Waals surface area contributed by atoms with Gasteiger partial charge in [-0.3, -0.25) is 4.21 Å². The van der Waals surface area contributed by atoms with Crippen LogP contribution in [0.15, 0.2) is 24.3 Å². The molecule has 2 unspecified atom stereocenters. The molecule has 2 bridgehead atoms. The van der Waals surface area contributed by atoms with Crippen molar-refractivity contribution in [1.29, 1.82) is 0 Å². The van der Waals surface area contributed by atoms with Crippen LogP contribution in [0.25, 0.3) is 0 Å². The Morgan fingerprint density at radius 1 is 1.20 bits per heavy atom. The molecule has 0 radical (unpaired) electrons. The number of fused-ring (bicyclic) bond motifs is 2. The molecule has 0 saturated carbocycles. The van der Waals surface area contributed by atoms with Crippen molar-refractivity contribution >= 4 is 16.5 Å². The highest BCUT2D eigenvalue weighted by molar-refractivity contribution is 7.86. The Bertz CT molecular complexity index is 513. The highest BCUT2D eigenvalue weighted by Gasteiger charge is 2.47. The van der Waals surface area contributed by atoms with E-state index in [1.165, 1.54) is 0 Å². The molecule has 3 nitrogen and oxygen atoms in total. The first-order valence-corrected chi connectivity index (χ1v) is 8.67. The number of hydrogen-bond donors (Lipinski definition) is 1. The van der Waals surface area contributed by atoms with Crippen LogP contribution in [0.4, 0.5) is 5.69 Å². The van der Waals surface area contributed by atoms with Crippen molar-refractivity contribution in [3.8, 4) is 0 Å². The molecule has 0 amide bonds. The van der Waals surface area contributed by atoms with Crippen molar-refractivity contribution < 1.29 is 9.32 Å². The van der Waals surface area contributed by atoms with Crippen molar-refractivity contribution in [2.24, 2.45) is 0 Å². The van der Waals surface area contributed by atoms with E-state index in [4.69, 9.17) is 0 Å². The Hall–Kier alpha value is -0.870. The topological polar surface area (TPSA) is 40.5 Å². The second-order valence-electron chi connectivity index (χ2n) is 6.35. The van der Waals surface area contributed by atoms with Gasteiger partial charge in [-0.05, 0) is 31.7 Å². The van der Waals surface area contributed by atoms with Crippen LogP contribution in [0, 0.1) is 0 Å². The van der Waals surface area contributed by atoms with E-state index in [1.54, 1.807) is 0 Å². The lowest BCUT2D eigenvalue weighted by atomic mass is 9.79. The maximum atomic E-state index is 12.3. The third-order valence-electron chi connectivity index (χ3n) is 4.73. The molecule has 2 aliphatic rings. The van der Waals surface area contributed by atoms with Gasteiger partial charge in [-0.15, -0.1) is 0 Å². The van der Waals surface area contributed by atoms with E-state index in [-0.39, 0.29) is 10.5 Å². The van der Waals surface area contributed by atoms with Gasteiger partial charge in [0, 0.05) is 46.6 Å². The van der Waals surface area contributed by atoms with Gasteiger partial charge in [-0.2, -0.15) is 0 Å². The quantitative estimate of drug-likeness (QED) is 0.910. The minimum Gasteiger partial charge on any atom is -0.385 e. The number of anilines is 1. The van der Waals surface area contributed by atoms with Gasteiger partial charge < -0.3 is 10.0 Å². The molecule has 0 spiro atoms. The zero-order valence-electron chi connectivity index (χ0n) is 12.2. The SMILES string of the molecule is CN(C)c1ccccc1C1(O)CC2CCCC(C1)S2=O. The average molecular weight is 293 g/mol. The summed E-state index contributed by atoms with van der Waals surface area (Å²) < 4.78 is 12.3. The minimum absolute atomic E-state index is 0.169. The number of aliphatic hydroxyl groups is 1. The first-order chi connectivity index (χ1) is 9.51. The zero-order chi connectivity index (χ0) is 14.3. The molecule has 0 aliphatic carbocycles. The number of nitrogens with zero attached hydrogens (tertiary/aromatic N) is 1. The van der Waals surface area contributed by atoms with Crippen LogP contribution in [0.5, 0.6) is 0 Å². The third-order valence-corrected chi connectivity index (χ3v) is 6.85. The van der Waals surface area contributed by atoms with Crippen molar-refractivity contribution in [1.82, 2.24) is 0 Å². The predicted octanol–water partition coefficient (Wildman–Crippen LogP) is 2.40. The molecule has 1 N–H and O–H groups in total. The summed E-state index contributed by atoms with van der Waals surface area (Å²) in [5, 5.41) is 11.6. The summed E-state index contributed by atoms with van der Waals surface area (Å²) >= 11 is 0. The molecule has 2 atom stereocenters. The molecule has 2 saturated heterocycles. The normalized spacial score (nSPS) is 36.6. The van der Waals surface area contributed by atoms with Crippen molar-refractivity contribution in [2.75, 3.05) is 19.0 Å². The molecule has 20 heavy (non-hydrogen) atoms. The highest BCUT2D eigenvalue weighted by Crippen LogP contribution is 2.46. The molecule has 0 aromatic heterocycles. The summed E-state index contributed by atoms with van der Waals surface area (Å²) in [7, 11) is 3.26. The zero-order valence-corrected chi connectivity index (χ0v) is 13.0. The van der Waals surface area contributed by atoms with Gasteiger partial charge in [0.2, 0.25) is 0 Å². The number of benzene rings is 1. The number of para-hydroxylation sites is 1. The molecule has 110 valence electrons. The summed E-state index contributed by atoms with van der Waals surface area (Å²) in [6, 6.07) is 8.07. The summed E-state index contributed by atoms with van der Waals surface area (Å²) in [6.07, 6.45) is 4.43. The van der Waals surface area contributed by atoms with Crippen LogP contribution in [-0.4, -0.2) is 33.9 Å². The summed E-state index contributed by atoms with van der Waals surface area (Å²) in [6.45, 7) is 0. The summed E-state index contributed by atoms with van der Waals surface area (Å²) in [5.41, 5.74) is 1.25. The predicted molar refractivity (Wildman–Crippen MR) is 83.5 cm³/mol. The first-order valence-electron chi connectivity index (χ1n) is 7.40. The molecule has 1 aromatic rings. The third kappa shape index (κ3) is 2.29. The standard InChI is InChI=1S/C16H23NO2S/c1-17(2)15-9-4-3-8-14(15)16(18)10-12-6-5-7-13(11-16)20(12)19/h3-4,8-9,12-13,18H,5-7,10-11H2,1-2H3. The van der Waals surface area contributed by atoms with Gasteiger partial charge in [0.25, 0.3) is 0 Å². The Labute approximate surface area is 123 Å². The Balaban J connectivity index is 1.99. The molecule has 2 heterocycles. The van der Waals surface area contributed by atoms with Gasteiger partial charge in [-0.25, -0.2) is 0 Å². The Morgan fingerprint density at radius 3 is 2.40 bits per heavy atom. The highest BCUT2D eigenvalue weighted by atomic mass is 32.2. The fourth-order valence-electron chi connectivity index (χ4n) is 3.76. The van der Waals surface area contributed by atoms with Gasteiger partial charge in [0.1, 0.15) is 0 Å². The first kappa shape index (κ1) is 14.1. The van der Waals surface area contributed by atoms with Crippen LogP contribution in [-0.2, 0) is 16.4 Å². The molecule has 2 aliphatic heterocycles. The van der Waals surface area contributed by atoms with Crippen LogP contribution < -0.4 is 4.90 Å². The minimum atomic E-state index is -0.815. The molecular formula is C16H23NO2S. The largest absolute Gasteiger partial charge is 0.385 e. The summed E-state index contributed by atoms with van der Waals surface area (Å²) in [4.78, 5) is 2.05. The lowest BCUT2D eigenvalue weighted by Crippen LogP contribution is -2.47. The second-order valence-corrected chi connectivity index (χ2v) is 8.35. The maximum Gasteiger partial charge on any atom is 0.0939 e. The second kappa shape index (κ2) is 5.15. The van der Waals surface area contributed by atoms with E-state index >= 15 is 0 Å². The Kier molecular flexibility index (Phi) is 3.63. The van der Waals surface area contributed by atoms with E-state index in [9.17, 15) is 9.32 Å². The Morgan fingerprint density at radius 2 is 1.80 bits per heavy atom. The van der Waals surface area contributed by atoms with Crippen LogP contribution in [0.2, 0.25) is 0 Å². The maximum absolute atomic E-state index is 12.3. The van der Waals surface area contributed by atoms with Gasteiger partial charge in [0.15, 0.2) is 0 Å². The fourth-order valence-corrected chi connectivity index (χ4v) is 5.98. The molecule has 1 aromatic carbocycles. The van der Waals surface area contributed by atoms with Crippen molar-refractivity contribution in [3.63, 3.8) is 0 Å². The number of rotatable bonds is 2. The fraction of sp³-hybridized carbons (Fsp3) is 0.625. The van der Waals surface area contributed by atoms with E-state index in [0.29, 0.717) is 12.8 Å². The van der Waals surface area contributed by atoms with Crippen LogP contribution in [0.3, 0.4) is 0 Å². The van der Waals surface area contributed by atoms with Crippen LogP contribution in [0.1, 0.15) is 37.7 Å². The smallest absolute Gasteiger partial charge is 0.0939 e. The van der Waals surface area contributed by atoms with Gasteiger partial charge >= 0.3 is 0 Å². The van der Waals surface area contributed by atoms with Crippen molar-refractivity contribution in [2.45, 2.75) is 48.2 Å². The molecular weight excluding hydrogens is 270 g/mol. The molecule has 3 rings (SSSR count). The van der Waals surface area contributed by atoms with Crippen molar-refractivity contribution in [3.05, 3.63) is 29.8 Å². The lowest BCUT2D eigenvalue weighted by Gasteiger charge is -2.44. The average Bonchev–Trinajstić information content (AvgIpc) is 2.41. The number of hydrogen-bond acceptors (Lipinski definition) is 3. The summed E-state index contributed by atoms with van der Waals surface area (Å²) in [5.74, 6) is 0. The van der Waals surface area contributed by atoms with E-state index in [2.05, 4.69) is 11.0 Å². The molecule has 2 fully saturated rings. The van der Waals surface area contributed by atoms with Gasteiger partial charge in [-0.1, -0.05) is 24.6 Å².